The molecule has 0 aromatic heterocycles. The van der Waals surface area contributed by atoms with Crippen LogP contribution in [0.3, 0.4) is 0 Å². The maximum atomic E-state index is 10.7. The standard InChI is InChI=1S/C9H18O4S/c1-8-7-9(3-5-12-8)4-6-13-14(2,10)11/h8-9H,3-7H2,1-2H3. The molecule has 1 rings (SSSR count). The summed E-state index contributed by atoms with van der Waals surface area (Å²) in [6, 6.07) is 0. The van der Waals surface area contributed by atoms with Gasteiger partial charge in [-0.25, -0.2) is 0 Å². The smallest absolute Gasteiger partial charge is 0.264 e. The first kappa shape index (κ1) is 11.9. The molecule has 0 bridgehead atoms. The van der Waals surface area contributed by atoms with E-state index in [1.165, 1.54) is 0 Å². The molecule has 0 N–H and O–H groups in total. The molecule has 1 fully saturated rings. The van der Waals surface area contributed by atoms with Crippen LogP contribution in [-0.4, -0.2) is 34.0 Å². The van der Waals surface area contributed by atoms with E-state index in [1.54, 1.807) is 0 Å². The predicted molar refractivity (Wildman–Crippen MR) is 53.6 cm³/mol. The molecule has 0 saturated carbocycles. The second-order valence-corrected chi connectivity index (χ2v) is 5.53. The largest absolute Gasteiger partial charge is 0.378 e. The fourth-order valence-corrected chi connectivity index (χ4v) is 2.12. The van der Waals surface area contributed by atoms with Crippen LogP contribution in [0.1, 0.15) is 26.2 Å². The maximum Gasteiger partial charge on any atom is 0.264 e. The Morgan fingerprint density at radius 1 is 1.50 bits per heavy atom. The van der Waals surface area contributed by atoms with Gasteiger partial charge in [-0.1, -0.05) is 0 Å². The molecule has 1 aliphatic rings. The van der Waals surface area contributed by atoms with Gasteiger partial charge in [0.1, 0.15) is 0 Å². The third kappa shape index (κ3) is 4.93. The number of rotatable bonds is 4. The molecule has 84 valence electrons. The molecule has 2 atom stereocenters. The molecule has 0 spiro atoms. The van der Waals surface area contributed by atoms with E-state index in [1.807, 2.05) is 6.92 Å². The van der Waals surface area contributed by atoms with Gasteiger partial charge in [-0.3, -0.25) is 4.18 Å². The highest BCUT2D eigenvalue weighted by Crippen LogP contribution is 2.22. The summed E-state index contributed by atoms with van der Waals surface area (Å²) in [4.78, 5) is 0. The Kier molecular flexibility index (Phi) is 4.34. The van der Waals surface area contributed by atoms with Crippen molar-refractivity contribution in [3.8, 4) is 0 Å². The van der Waals surface area contributed by atoms with Crippen molar-refractivity contribution in [2.24, 2.45) is 5.92 Å². The Morgan fingerprint density at radius 2 is 2.21 bits per heavy atom. The second kappa shape index (κ2) is 5.09. The zero-order valence-corrected chi connectivity index (χ0v) is 9.55. The first-order chi connectivity index (χ1) is 6.47. The van der Waals surface area contributed by atoms with Crippen molar-refractivity contribution in [2.45, 2.75) is 32.3 Å². The van der Waals surface area contributed by atoms with Crippen molar-refractivity contribution >= 4 is 10.1 Å². The topological polar surface area (TPSA) is 52.6 Å². The molecular formula is C9H18O4S. The Labute approximate surface area is 85.7 Å². The lowest BCUT2D eigenvalue weighted by molar-refractivity contribution is -0.00147. The zero-order chi connectivity index (χ0) is 10.6. The van der Waals surface area contributed by atoms with Crippen molar-refractivity contribution < 1.29 is 17.3 Å². The number of ether oxygens (including phenoxy) is 1. The van der Waals surface area contributed by atoms with Gasteiger partial charge in [0, 0.05) is 6.61 Å². The maximum absolute atomic E-state index is 10.7. The van der Waals surface area contributed by atoms with Gasteiger partial charge in [0.25, 0.3) is 10.1 Å². The average molecular weight is 222 g/mol. The van der Waals surface area contributed by atoms with Gasteiger partial charge < -0.3 is 4.74 Å². The van der Waals surface area contributed by atoms with Crippen molar-refractivity contribution in [1.82, 2.24) is 0 Å². The van der Waals surface area contributed by atoms with Crippen molar-refractivity contribution in [1.29, 1.82) is 0 Å². The van der Waals surface area contributed by atoms with Crippen LogP contribution < -0.4 is 0 Å². The minimum Gasteiger partial charge on any atom is -0.378 e. The van der Waals surface area contributed by atoms with Gasteiger partial charge in [-0.2, -0.15) is 8.42 Å². The van der Waals surface area contributed by atoms with E-state index in [4.69, 9.17) is 8.92 Å². The lowest BCUT2D eigenvalue weighted by Crippen LogP contribution is -2.24. The van der Waals surface area contributed by atoms with Gasteiger partial charge in [0.2, 0.25) is 0 Å². The fraction of sp³-hybridized carbons (Fsp3) is 1.00. The molecule has 0 amide bonds. The molecule has 14 heavy (non-hydrogen) atoms. The van der Waals surface area contributed by atoms with Crippen molar-refractivity contribution in [2.75, 3.05) is 19.5 Å². The summed E-state index contributed by atoms with van der Waals surface area (Å²) >= 11 is 0. The molecule has 1 heterocycles. The molecular weight excluding hydrogens is 204 g/mol. The summed E-state index contributed by atoms with van der Waals surface area (Å²) < 4.78 is 31.5. The molecule has 5 heteroatoms. The van der Waals surface area contributed by atoms with E-state index in [9.17, 15) is 8.42 Å². The van der Waals surface area contributed by atoms with Crippen LogP contribution in [0.5, 0.6) is 0 Å². The van der Waals surface area contributed by atoms with Gasteiger partial charge in [0.05, 0.1) is 19.0 Å². The Morgan fingerprint density at radius 3 is 2.79 bits per heavy atom. The van der Waals surface area contributed by atoms with Gasteiger partial charge in [-0.05, 0) is 32.1 Å². The van der Waals surface area contributed by atoms with E-state index < -0.39 is 10.1 Å². The molecule has 2 unspecified atom stereocenters. The fourth-order valence-electron chi connectivity index (χ4n) is 1.72. The first-order valence-electron chi connectivity index (χ1n) is 4.93. The van der Waals surface area contributed by atoms with Crippen molar-refractivity contribution in [3.05, 3.63) is 0 Å². The highest BCUT2D eigenvalue weighted by atomic mass is 32.2. The van der Waals surface area contributed by atoms with Crippen LogP contribution in [0, 0.1) is 5.92 Å². The van der Waals surface area contributed by atoms with Crippen LogP contribution in [0.4, 0.5) is 0 Å². The molecule has 1 aliphatic heterocycles. The minimum absolute atomic E-state index is 0.298. The van der Waals surface area contributed by atoms with E-state index >= 15 is 0 Å². The third-order valence-corrected chi connectivity index (χ3v) is 3.01. The van der Waals surface area contributed by atoms with Gasteiger partial charge in [-0.15, -0.1) is 0 Å². The lowest BCUT2D eigenvalue weighted by atomic mass is 9.93. The lowest BCUT2D eigenvalue weighted by Gasteiger charge is -2.26. The SMILES string of the molecule is CC1CC(CCOS(C)(=O)=O)CCO1. The third-order valence-electron chi connectivity index (χ3n) is 2.42. The minimum atomic E-state index is -3.27. The van der Waals surface area contributed by atoms with Crippen LogP contribution >= 0.6 is 0 Å². The quantitative estimate of drug-likeness (QED) is 0.670. The van der Waals surface area contributed by atoms with E-state index in [0.717, 1.165) is 32.1 Å². The average Bonchev–Trinajstić information content (AvgIpc) is 2.01. The van der Waals surface area contributed by atoms with Crippen LogP contribution in [0.2, 0.25) is 0 Å². The molecule has 0 aromatic rings. The van der Waals surface area contributed by atoms with E-state index in [0.29, 0.717) is 18.6 Å². The van der Waals surface area contributed by atoms with Crippen LogP contribution in [0.25, 0.3) is 0 Å². The molecule has 1 saturated heterocycles. The van der Waals surface area contributed by atoms with E-state index in [2.05, 4.69) is 0 Å². The summed E-state index contributed by atoms with van der Waals surface area (Å²) in [5.74, 6) is 0.542. The Balaban J connectivity index is 2.18. The Bertz CT molecular complexity index is 260. The molecule has 0 radical (unpaired) electrons. The normalized spacial score (nSPS) is 29.0. The highest BCUT2D eigenvalue weighted by molar-refractivity contribution is 7.85. The number of hydrogen-bond donors (Lipinski definition) is 0. The Hall–Kier alpha value is -0.130. The predicted octanol–water partition coefficient (Wildman–Crippen LogP) is 1.17. The highest BCUT2D eigenvalue weighted by Gasteiger charge is 2.19. The van der Waals surface area contributed by atoms with Crippen LogP contribution in [-0.2, 0) is 19.0 Å². The summed E-state index contributed by atoms with van der Waals surface area (Å²) in [6.07, 6.45) is 4.21. The van der Waals surface area contributed by atoms with Crippen molar-refractivity contribution in [3.63, 3.8) is 0 Å². The monoisotopic (exact) mass is 222 g/mol. The van der Waals surface area contributed by atoms with Gasteiger partial charge in [0.15, 0.2) is 0 Å². The molecule has 0 aromatic carbocycles. The summed E-state index contributed by atoms with van der Waals surface area (Å²) in [7, 11) is -3.27. The van der Waals surface area contributed by atoms with Crippen LogP contribution in [0.15, 0.2) is 0 Å². The second-order valence-electron chi connectivity index (χ2n) is 3.89. The molecule has 4 nitrogen and oxygen atoms in total. The summed E-state index contributed by atoms with van der Waals surface area (Å²) in [5.41, 5.74) is 0. The molecule has 0 aliphatic carbocycles. The zero-order valence-electron chi connectivity index (χ0n) is 8.73. The van der Waals surface area contributed by atoms with Gasteiger partial charge >= 0.3 is 0 Å². The number of hydrogen-bond acceptors (Lipinski definition) is 4. The summed E-state index contributed by atoms with van der Waals surface area (Å²) in [6.45, 7) is 3.13. The van der Waals surface area contributed by atoms with E-state index in [-0.39, 0.29) is 0 Å². The summed E-state index contributed by atoms with van der Waals surface area (Å²) in [5, 5.41) is 0. The first-order valence-corrected chi connectivity index (χ1v) is 6.75.